The molecule has 0 radical (unpaired) electrons. The predicted molar refractivity (Wildman–Crippen MR) is 49.8 cm³/mol. The Balaban J connectivity index is 2.28. The van der Waals surface area contributed by atoms with Crippen LogP contribution < -0.4 is 5.32 Å². The Hall–Kier alpha value is -0.530. The van der Waals surface area contributed by atoms with Crippen molar-refractivity contribution in [2.24, 2.45) is 10.8 Å². The molecule has 70 valence electrons. The van der Waals surface area contributed by atoms with Gasteiger partial charge in [-0.1, -0.05) is 27.7 Å². The van der Waals surface area contributed by atoms with E-state index < -0.39 is 0 Å². The van der Waals surface area contributed by atoms with Crippen LogP contribution in [0, 0.1) is 10.8 Å². The molecule has 1 fully saturated rings. The predicted octanol–water partition coefficient (Wildman–Crippen LogP) is 1.95. The Morgan fingerprint density at radius 3 is 2.25 bits per heavy atom. The zero-order valence-electron chi connectivity index (χ0n) is 8.53. The molecule has 0 saturated heterocycles. The number of nitrogens with one attached hydrogen (secondary N) is 1. The van der Waals surface area contributed by atoms with Crippen molar-refractivity contribution < 1.29 is 4.79 Å². The molecule has 0 aliphatic heterocycles. The minimum atomic E-state index is -0.245. The second-order valence-corrected chi connectivity index (χ2v) is 5.24. The van der Waals surface area contributed by atoms with Gasteiger partial charge in [-0.2, -0.15) is 0 Å². The van der Waals surface area contributed by atoms with Crippen LogP contribution in [0.3, 0.4) is 0 Å². The van der Waals surface area contributed by atoms with Crippen LogP contribution in [0.1, 0.15) is 40.5 Å². The van der Waals surface area contributed by atoms with E-state index in [1.165, 1.54) is 12.8 Å². The molecule has 0 atom stereocenters. The molecule has 0 spiro atoms. The maximum Gasteiger partial charge on any atom is 0.225 e. The van der Waals surface area contributed by atoms with Gasteiger partial charge in [-0.15, -0.1) is 0 Å². The van der Waals surface area contributed by atoms with Crippen LogP contribution in [0.4, 0.5) is 0 Å². The Labute approximate surface area is 74.7 Å². The number of hydrogen-bond acceptors (Lipinski definition) is 1. The molecule has 1 aliphatic carbocycles. The van der Waals surface area contributed by atoms with E-state index in [0.29, 0.717) is 5.41 Å². The van der Waals surface area contributed by atoms with Crippen molar-refractivity contribution in [1.29, 1.82) is 0 Å². The van der Waals surface area contributed by atoms with Crippen molar-refractivity contribution >= 4 is 5.91 Å². The third-order valence-electron chi connectivity index (χ3n) is 2.46. The van der Waals surface area contributed by atoms with Gasteiger partial charge in [0, 0.05) is 12.0 Å². The van der Waals surface area contributed by atoms with Crippen LogP contribution in [-0.2, 0) is 4.79 Å². The monoisotopic (exact) mass is 169 g/mol. The standard InChI is InChI=1S/C10H19NO/c1-9(2,3)8(12)11-7-10(4)5-6-10/h5-7H2,1-4H3,(H,11,12). The summed E-state index contributed by atoms with van der Waals surface area (Å²) in [6.45, 7) is 8.89. The first-order chi connectivity index (χ1) is 5.33. The van der Waals surface area contributed by atoms with Crippen LogP contribution in [0.15, 0.2) is 0 Å². The SMILES string of the molecule is CC1(CNC(=O)C(C)(C)C)CC1. The lowest BCUT2D eigenvalue weighted by atomic mass is 9.95. The zero-order valence-corrected chi connectivity index (χ0v) is 8.53. The fourth-order valence-electron chi connectivity index (χ4n) is 0.949. The summed E-state index contributed by atoms with van der Waals surface area (Å²) in [7, 11) is 0. The molecule has 1 aliphatic rings. The Kier molecular flexibility index (Phi) is 2.19. The highest BCUT2D eigenvalue weighted by Gasteiger charge is 2.38. The van der Waals surface area contributed by atoms with E-state index in [-0.39, 0.29) is 11.3 Å². The number of carbonyl (C=O) groups is 1. The van der Waals surface area contributed by atoms with Gasteiger partial charge in [-0.05, 0) is 18.3 Å². The molecule has 1 N–H and O–H groups in total. The minimum Gasteiger partial charge on any atom is -0.355 e. The Morgan fingerprint density at radius 2 is 1.92 bits per heavy atom. The molecule has 0 aromatic carbocycles. The molecule has 2 heteroatoms. The van der Waals surface area contributed by atoms with Gasteiger partial charge >= 0.3 is 0 Å². The fourth-order valence-corrected chi connectivity index (χ4v) is 0.949. The molecule has 0 aromatic rings. The summed E-state index contributed by atoms with van der Waals surface area (Å²) in [6, 6.07) is 0. The first-order valence-electron chi connectivity index (χ1n) is 4.62. The van der Waals surface area contributed by atoms with E-state index in [1.54, 1.807) is 0 Å². The third kappa shape index (κ3) is 2.50. The number of carbonyl (C=O) groups excluding carboxylic acids is 1. The third-order valence-corrected chi connectivity index (χ3v) is 2.46. The van der Waals surface area contributed by atoms with Gasteiger partial charge in [0.15, 0.2) is 0 Å². The highest BCUT2D eigenvalue weighted by Crippen LogP contribution is 2.44. The molecule has 1 rings (SSSR count). The topological polar surface area (TPSA) is 29.1 Å². The average molecular weight is 169 g/mol. The van der Waals surface area contributed by atoms with Crippen LogP contribution in [-0.4, -0.2) is 12.5 Å². The zero-order chi connectivity index (χ0) is 9.41. The lowest BCUT2D eigenvalue weighted by Gasteiger charge is -2.19. The van der Waals surface area contributed by atoms with Crippen molar-refractivity contribution in [3.8, 4) is 0 Å². The van der Waals surface area contributed by atoms with Gasteiger partial charge in [0.1, 0.15) is 0 Å². The molecule has 0 bridgehead atoms. The molecule has 0 heterocycles. The van der Waals surface area contributed by atoms with Crippen LogP contribution in [0.25, 0.3) is 0 Å². The van der Waals surface area contributed by atoms with Gasteiger partial charge in [0.05, 0.1) is 0 Å². The average Bonchev–Trinajstić information content (AvgIpc) is 2.62. The van der Waals surface area contributed by atoms with Crippen molar-refractivity contribution in [2.45, 2.75) is 40.5 Å². The van der Waals surface area contributed by atoms with Crippen molar-refractivity contribution in [1.82, 2.24) is 5.32 Å². The number of amides is 1. The Bertz CT molecular complexity index is 187. The van der Waals surface area contributed by atoms with E-state index in [9.17, 15) is 4.79 Å². The molecule has 0 aromatic heterocycles. The van der Waals surface area contributed by atoms with Gasteiger partial charge < -0.3 is 5.32 Å². The maximum atomic E-state index is 11.4. The summed E-state index contributed by atoms with van der Waals surface area (Å²) in [5, 5.41) is 2.99. The summed E-state index contributed by atoms with van der Waals surface area (Å²) >= 11 is 0. The number of hydrogen-bond donors (Lipinski definition) is 1. The Morgan fingerprint density at radius 1 is 1.42 bits per heavy atom. The van der Waals surface area contributed by atoms with E-state index in [4.69, 9.17) is 0 Å². The largest absolute Gasteiger partial charge is 0.355 e. The number of rotatable bonds is 2. The quantitative estimate of drug-likeness (QED) is 0.672. The molecule has 12 heavy (non-hydrogen) atoms. The molecule has 2 nitrogen and oxygen atoms in total. The van der Waals surface area contributed by atoms with E-state index in [1.807, 2.05) is 20.8 Å². The molecule has 1 saturated carbocycles. The van der Waals surface area contributed by atoms with Gasteiger partial charge in [-0.25, -0.2) is 0 Å². The normalized spacial score (nSPS) is 20.3. The molecule has 1 amide bonds. The van der Waals surface area contributed by atoms with Crippen molar-refractivity contribution in [2.75, 3.05) is 6.54 Å². The first kappa shape index (κ1) is 9.56. The lowest BCUT2D eigenvalue weighted by molar-refractivity contribution is -0.128. The summed E-state index contributed by atoms with van der Waals surface area (Å²) in [5.74, 6) is 0.163. The highest BCUT2D eigenvalue weighted by atomic mass is 16.2. The second kappa shape index (κ2) is 2.75. The van der Waals surface area contributed by atoms with Crippen LogP contribution in [0.2, 0.25) is 0 Å². The maximum absolute atomic E-state index is 11.4. The van der Waals surface area contributed by atoms with Crippen LogP contribution >= 0.6 is 0 Å². The summed E-state index contributed by atoms with van der Waals surface area (Å²) < 4.78 is 0. The van der Waals surface area contributed by atoms with Gasteiger partial charge in [-0.3, -0.25) is 4.79 Å². The van der Waals surface area contributed by atoms with Gasteiger partial charge in [0.25, 0.3) is 0 Å². The summed E-state index contributed by atoms with van der Waals surface area (Å²) in [6.07, 6.45) is 2.52. The highest BCUT2D eigenvalue weighted by molar-refractivity contribution is 5.81. The van der Waals surface area contributed by atoms with Crippen molar-refractivity contribution in [3.05, 3.63) is 0 Å². The van der Waals surface area contributed by atoms with E-state index in [0.717, 1.165) is 6.54 Å². The van der Waals surface area contributed by atoms with E-state index in [2.05, 4.69) is 12.2 Å². The van der Waals surface area contributed by atoms with Gasteiger partial charge in [0.2, 0.25) is 5.91 Å². The smallest absolute Gasteiger partial charge is 0.225 e. The lowest BCUT2D eigenvalue weighted by Crippen LogP contribution is -2.37. The summed E-state index contributed by atoms with van der Waals surface area (Å²) in [4.78, 5) is 11.4. The molecular weight excluding hydrogens is 150 g/mol. The molecular formula is C10H19NO. The molecule has 0 unspecified atom stereocenters. The first-order valence-corrected chi connectivity index (χ1v) is 4.62. The van der Waals surface area contributed by atoms with E-state index >= 15 is 0 Å². The second-order valence-electron chi connectivity index (χ2n) is 5.24. The van der Waals surface area contributed by atoms with Crippen LogP contribution in [0.5, 0.6) is 0 Å². The van der Waals surface area contributed by atoms with Crippen molar-refractivity contribution in [3.63, 3.8) is 0 Å². The fraction of sp³-hybridized carbons (Fsp3) is 0.900. The summed E-state index contributed by atoms with van der Waals surface area (Å²) in [5.41, 5.74) is 0.173. The minimum absolute atomic E-state index is 0.163.